The molecule has 4 nitrogen and oxygen atoms in total. The highest BCUT2D eigenvalue weighted by atomic mass is 16.4. The minimum Gasteiger partial charge on any atom is -0.480 e. The molecule has 1 heterocycles. The third-order valence-electron chi connectivity index (χ3n) is 5.35. The van der Waals surface area contributed by atoms with E-state index in [0.29, 0.717) is 18.1 Å². The molecule has 2 N–H and O–H groups in total. The van der Waals surface area contributed by atoms with Crippen molar-refractivity contribution in [2.45, 2.75) is 89.4 Å². The topological polar surface area (TPSA) is 52.6 Å². The maximum Gasteiger partial charge on any atom is 0.323 e. The quantitative estimate of drug-likeness (QED) is 0.786. The number of nitrogens with one attached hydrogen (secondary N) is 1. The average molecular weight is 282 g/mol. The first-order valence-electron chi connectivity index (χ1n) is 8.30. The molecule has 1 saturated heterocycles. The Labute approximate surface area is 122 Å². The monoisotopic (exact) mass is 282 g/mol. The predicted octanol–water partition coefficient (Wildman–Crippen LogP) is 2.62. The van der Waals surface area contributed by atoms with Gasteiger partial charge in [0.15, 0.2) is 0 Å². The predicted molar refractivity (Wildman–Crippen MR) is 80.9 cm³/mol. The van der Waals surface area contributed by atoms with E-state index in [1.165, 1.54) is 19.3 Å². The molecule has 20 heavy (non-hydrogen) atoms. The molecule has 0 aromatic heterocycles. The number of hydrogen-bond donors (Lipinski definition) is 2. The molecule has 116 valence electrons. The number of rotatable bonds is 6. The van der Waals surface area contributed by atoms with Crippen molar-refractivity contribution in [2.75, 3.05) is 6.54 Å². The number of carbonyl (C=O) groups is 1. The highest BCUT2D eigenvalue weighted by Crippen LogP contribution is 2.39. The lowest BCUT2D eigenvalue weighted by Crippen LogP contribution is -2.52. The van der Waals surface area contributed by atoms with Gasteiger partial charge in [0.1, 0.15) is 5.54 Å². The van der Waals surface area contributed by atoms with Gasteiger partial charge in [-0.25, -0.2) is 0 Å². The van der Waals surface area contributed by atoms with Gasteiger partial charge in [0.05, 0.1) is 0 Å². The molecule has 2 aliphatic rings. The molecule has 0 aromatic rings. The first kappa shape index (κ1) is 15.8. The van der Waals surface area contributed by atoms with Gasteiger partial charge in [-0.2, -0.15) is 0 Å². The molecule has 1 saturated carbocycles. The largest absolute Gasteiger partial charge is 0.480 e. The number of likely N-dealkylation sites (tertiary alicyclic amines) is 1. The van der Waals surface area contributed by atoms with Crippen molar-refractivity contribution >= 4 is 5.97 Å². The van der Waals surface area contributed by atoms with E-state index in [9.17, 15) is 9.90 Å². The summed E-state index contributed by atoms with van der Waals surface area (Å²) >= 11 is 0. The molecule has 2 fully saturated rings. The van der Waals surface area contributed by atoms with E-state index in [1.54, 1.807) is 0 Å². The summed E-state index contributed by atoms with van der Waals surface area (Å²) in [4.78, 5) is 14.4. The molecule has 1 aliphatic carbocycles. The van der Waals surface area contributed by atoms with Crippen LogP contribution in [0.15, 0.2) is 0 Å². The summed E-state index contributed by atoms with van der Waals surface area (Å²) in [5.74, 6) is -0.659. The summed E-state index contributed by atoms with van der Waals surface area (Å²) in [6, 6.07) is 1.71. The second-order valence-corrected chi connectivity index (χ2v) is 6.65. The van der Waals surface area contributed by atoms with E-state index in [1.807, 2.05) is 0 Å². The summed E-state index contributed by atoms with van der Waals surface area (Å²) in [5, 5.41) is 13.0. The normalized spacial score (nSPS) is 38.5. The average Bonchev–Trinajstić information content (AvgIpc) is 3.00. The van der Waals surface area contributed by atoms with Crippen LogP contribution in [0.25, 0.3) is 0 Å². The van der Waals surface area contributed by atoms with Crippen LogP contribution in [-0.4, -0.2) is 46.2 Å². The van der Waals surface area contributed by atoms with Crippen LogP contribution in [0.5, 0.6) is 0 Å². The lowest BCUT2D eigenvalue weighted by molar-refractivity contribution is -0.144. The standard InChI is InChI=1S/C16H30N2O2/c1-4-10-17-16(15(19)20)9-8-14(11-16)18-12(3)6-7-13(18)5-2/h12-14,17H,4-11H2,1-3H3,(H,19,20). The van der Waals surface area contributed by atoms with Gasteiger partial charge in [-0.15, -0.1) is 0 Å². The van der Waals surface area contributed by atoms with Crippen molar-refractivity contribution in [1.29, 1.82) is 0 Å². The molecule has 4 unspecified atom stereocenters. The van der Waals surface area contributed by atoms with Gasteiger partial charge in [0, 0.05) is 18.1 Å². The van der Waals surface area contributed by atoms with E-state index < -0.39 is 11.5 Å². The molecule has 0 bridgehead atoms. The van der Waals surface area contributed by atoms with Gasteiger partial charge < -0.3 is 10.4 Å². The molecule has 4 atom stereocenters. The zero-order valence-electron chi connectivity index (χ0n) is 13.2. The molecular formula is C16H30N2O2. The molecule has 1 aliphatic heterocycles. The number of carboxylic acid groups (broad SMARTS) is 1. The lowest BCUT2D eigenvalue weighted by atomic mass is 9.96. The summed E-state index contributed by atoms with van der Waals surface area (Å²) in [6.45, 7) is 7.44. The first-order chi connectivity index (χ1) is 9.54. The second-order valence-electron chi connectivity index (χ2n) is 6.65. The third-order valence-corrected chi connectivity index (χ3v) is 5.35. The van der Waals surface area contributed by atoms with Crippen molar-refractivity contribution < 1.29 is 9.90 Å². The van der Waals surface area contributed by atoms with E-state index in [2.05, 4.69) is 31.0 Å². The maximum absolute atomic E-state index is 11.7. The molecule has 2 rings (SSSR count). The van der Waals surface area contributed by atoms with Crippen molar-refractivity contribution in [3.05, 3.63) is 0 Å². The Kier molecular flexibility index (Phi) is 5.08. The summed E-state index contributed by atoms with van der Waals surface area (Å²) in [6.07, 6.45) is 7.26. The fraction of sp³-hybridized carbons (Fsp3) is 0.938. The van der Waals surface area contributed by atoms with Gasteiger partial charge in [-0.1, -0.05) is 13.8 Å². The molecule has 0 aromatic carbocycles. The van der Waals surface area contributed by atoms with E-state index in [4.69, 9.17) is 0 Å². The Morgan fingerprint density at radius 2 is 2.10 bits per heavy atom. The van der Waals surface area contributed by atoms with Gasteiger partial charge in [0.25, 0.3) is 0 Å². The minimum atomic E-state index is -0.679. The fourth-order valence-electron chi connectivity index (χ4n) is 4.23. The number of hydrogen-bond acceptors (Lipinski definition) is 3. The van der Waals surface area contributed by atoms with E-state index in [0.717, 1.165) is 32.2 Å². The Bertz CT molecular complexity index is 347. The van der Waals surface area contributed by atoms with Crippen molar-refractivity contribution in [3.63, 3.8) is 0 Å². The molecule has 0 amide bonds. The zero-order chi connectivity index (χ0) is 14.8. The van der Waals surface area contributed by atoms with Gasteiger partial charge in [0.2, 0.25) is 0 Å². The number of aliphatic carboxylic acids is 1. The molecule has 0 spiro atoms. The summed E-state index contributed by atoms with van der Waals surface area (Å²) in [5.41, 5.74) is -0.679. The van der Waals surface area contributed by atoms with Gasteiger partial charge in [-0.3, -0.25) is 9.69 Å². The Morgan fingerprint density at radius 1 is 1.35 bits per heavy atom. The van der Waals surface area contributed by atoms with Crippen LogP contribution < -0.4 is 5.32 Å². The van der Waals surface area contributed by atoms with E-state index >= 15 is 0 Å². The number of carboxylic acids is 1. The first-order valence-corrected chi connectivity index (χ1v) is 8.30. The van der Waals surface area contributed by atoms with Crippen LogP contribution in [-0.2, 0) is 4.79 Å². The minimum absolute atomic E-state index is 0.443. The van der Waals surface area contributed by atoms with Gasteiger partial charge >= 0.3 is 5.97 Å². The van der Waals surface area contributed by atoms with E-state index in [-0.39, 0.29) is 0 Å². The fourth-order valence-corrected chi connectivity index (χ4v) is 4.23. The van der Waals surface area contributed by atoms with Crippen LogP contribution in [0, 0.1) is 0 Å². The summed E-state index contributed by atoms with van der Waals surface area (Å²) < 4.78 is 0. The lowest BCUT2D eigenvalue weighted by Gasteiger charge is -2.35. The molecular weight excluding hydrogens is 252 g/mol. The maximum atomic E-state index is 11.7. The van der Waals surface area contributed by atoms with Crippen LogP contribution in [0.4, 0.5) is 0 Å². The van der Waals surface area contributed by atoms with Crippen molar-refractivity contribution in [1.82, 2.24) is 10.2 Å². The Morgan fingerprint density at radius 3 is 2.70 bits per heavy atom. The van der Waals surface area contributed by atoms with Crippen LogP contribution in [0.3, 0.4) is 0 Å². The third kappa shape index (κ3) is 2.86. The van der Waals surface area contributed by atoms with Crippen LogP contribution >= 0.6 is 0 Å². The van der Waals surface area contributed by atoms with Crippen molar-refractivity contribution in [3.8, 4) is 0 Å². The SMILES string of the molecule is CCCNC1(C(=O)O)CCC(N2C(C)CCC2CC)C1. The molecule has 4 heteroatoms. The van der Waals surface area contributed by atoms with Gasteiger partial charge in [-0.05, 0) is 58.4 Å². The Balaban J connectivity index is 2.07. The summed E-state index contributed by atoms with van der Waals surface area (Å²) in [7, 11) is 0. The van der Waals surface area contributed by atoms with Crippen LogP contribution in [0.2, 0.25) is 0 Å². The number of nitrogens with zero attached hydrogens (tertiary/aromatic N) is 1. The second kappa shape index (κ2) is 6.44. The molecule has 0 radical (unpaired) electrons. The highest BCUT2D eigenvalue weighted by Gasteiger charge is 2.49. The van der Waals surface area contributed by atoms with Crippen LogP contribution in [0.1, 0.15) is 65.7 Å². The highest BCUT2D eigenvalue weighted by molar-refractivity contribution is 5.79. The zero-order valence-corrected chi connectivity index (χ0v) is 13.2. The van der Waals surface area contributed by atoms with Crippen molar-refractivity contribution in [2.24, 2.45) is 0 Å². The smallest absolute Gasteiger partial charge is 0.323 e. The Hall–Kier alpha value is -0.610.